The smallest absolute Gasteiger partial charge is 0.310 e. The second-order valence-corrected chi connectivity index (χ2v) is 6.44. The van der Waals surface area contributed by atoms with Crippen LogP contribution in [0.5, 0.6) is 0 Å². The van der Waals surface area contributed by atoms with Crippen molar-refractivity contribution in [1.82, 2.24) is 4.90 Å². The van der Waals surface area contributed by atoms with Crippen LogP contribution in [0.15, 0.2) is 0 Å². The summed E-state index contributed by atoms with van der Waals surface area (Å²) in [6, 6.07) is 0.252. The van der Waals surface area contributed by atoms with Crippen molar-refractivity contribution in [1.29, 1.82) is 0 Å². The summed E-state index contributed by atoms with van der Waals surface area (Å²) in [5.74, 6) is -2.11. The molecule has 2 aliphatic heterocycles. The molecule has 1 amide bonds. The number of nitrogens with zero attached hydrogens (tertiary/aromatic N) is 1. The van der Waals surface area contributed by atoms with Crippen molar-refractivity contribution in [2.24, 2.45) is 11.8 Å². The molecule has 2 saturated heterocycles. The zero-order chi connectivity index (χ0) is 15.7. The van der Waals surface area contributed by atoms with Crippen LogP contribution in [-0.4, -0.2) is 46.2 Å². The van der Waals surface area contributed by atoms with Crippen LogP contribution in [0, 0.1) is 11.8 Å². The fraction of sp³-hybridized carbons (Fsp3) is 0.875. The van der Waals surface area contributed by atoms with E-state index < -0.39 is 17.8 Å². The summed E-state index contributed by atoms with van der Waals surface area (Å²) >= 11 is 0. The molecule has 21 heavy (non-hydrogen) atoms. The predicted octanol–water partition coefficient (Wildman–Crippen LogP) is 2.29. The van der Waals surface area contributed by atoms with E-state index >= 15 is 0 Å². The Bertz CT molecular complexity index is 401. The van der Waals surface area contributed by atoms with E-state index in [2.05, 4.69) is 13.8 Å². The number of fused-ring (bicyclic) bond motifs is 2. The summed E-state index contributed by atoms with van der Waals surface area (Å²) in [6.07, 6.45) is 2.82. The quantitative estimate of drug-likeness (QED) is 0.817. The lowest BCUT2D eigenvalue weighted by atomic mass is 9.78. The Morgan fingerprint density at radius 1 is 1.10 bits per heavy atom. The Labute approximate surface area is 126 Å². The van der Waals surface area contributed by atoms with E-state index in [0.717, 1.165) is 25.7 Å². The summed E-state index contributed by atoms with van der Waals surface area (Å²) in [5, 5.41) is 9.48. The molecule has 2 rings (SSSR count). The first kappa shape index (κ1) is 16.3. The van der Waals surface area contributed by atoms with Crippen LogP contribution < -0.4 is 0 Å². The fourth-order valence-corrected chi connectivity index (χ4v) is 3.74. The lowest BCUT2D eigenvalue weighted by Crippen LogP contribution is -2.51. The van der Waals surface area contributed by atoms with Gasteiger partial charge in [0.05, 0.1) is 24.0 Å². The van der Waals surface area contributed by atoms with Gasteiger partial charge in [0.1, 0.15) is 0 Å². The molecular formula is C16H27NO4. The van der Waals surface area contributed by atoms with Gasteiger partial charge in [-0.05, 0) is 39.5 Å². The monoisotopic (exact) mass is 297 g/mol. The van der Waals surface area contributed by atoms with Gasteiger partial charge in [-0.1, -0.05) is 13.8 Å². The Hall–Kier alpha value is -1.10. The zero-order valence-corrected chi connectivity index (χ0v) is 13.4. The fourth-order valence-electron chi connectivity index (χ4n) is 3.74. The van der Waals surface area contributed by atoms with Gasteiger partial charge in [-0.2, -0.15) is 0 Å². The van der Waals surface area contributed by atoms with Gasteiger partial charge in [0.25, 0.3) is 0 Å². The van der Waals surface area contributed by atoms with Gasteiger partial charge in [-0.25, -0.2) is 0 Å². The van der Waals surface area contributed by atoms with Crippen LogP contribution in [-0.2, 0) is 14.3 Å². The van der Waals surface area contributed by atoms with Crippen molar-refractivity contribution in [3.8, 4) is 0 Å². The van der Waals surface area contributed by atoms with Crippen LogP contribution >= 0.6 is 0 Å². The summed E-state index contributed by atoms with van der Waals surface area (Å²) in [6.45, 7) is 8.18. The minimum absolute atomic E-state index is 0.0294. The van der Waals surface area contributed by atoms with Crippen LogP contribution in [0.3, 0.4) is 0 Å². The second kappa shape index (κ2) is 6.34. The summed E-state index contributed by atoms with van der Waals surface area (Å²) in [7, 11) is 0. The van der Waals surface area contributed by atoms with E-state index in [0.29, 0.717) is 0 Å². The summed E-state index contributed by atoms with van der Waals surface area (Å²) in [5.41, 5.74) is 0. The molecule has 1 N–H and O–H groups in total. The van der Waals surface area contributed by atoms with Crippen molar-refractivity contribution < 1.29 is 19.4 Å². The van der Waals surface area contributed by atoms with Gasteiger partial charge >= 0.3 is 5.97 Å². The molecule has 2 aliphatic rings. The molecule has 6 atom stereocenters. The molecule has 5 heteroatoms. The third kappa shape index (κ3) is 2.80. The molecule has 0 unspecified atom stereocenters. The number of carbonyl (C=O) groups is 2. The van der Waals surface area contributed by atoms with Crippen molar-refractivity contribution in [3.63, 3.8) is 0 Å². The number of rotatable bonds is 6. The number of hydrogen-bond acceptors (Lipinski definition) is 3. The first-order valence-electron chi connectivity index (χ1n) is 8.12. The summed E-state index contributed by atoms with van der Waals surface area (Å²) in [4.78, 5) is 26.5. The number of carbonyl (C=O) groups excluding carboxylic acids is 1. The minimum atomic E-state index is -0.895. The number of ether oxygens (including phenoxy) is 1. The van der Waals surface area contributed by atoms with Crippen molar-refractivity contribution >= 4 is 11.9 Å². The molecule has 0 aliphatic carbocycles. The Kier molecular flexibility index (Phi) is 4.91. The number of carboxylic acid groups (broad SMARTS) is 1. The molecule has 2 heterocycles. The number of hydrogen-bond donors (Lipinski definition) is 1. The average Bonchev–Trinajstić information content (AvgIpc) is 3.07. The highest BCUT2D eigenvalue weighted by atomic mass is 16.5. The van der Waals surface area contributed by atoms with E-state index in [-0.39, 0.29) is 30.2 Å². The molecule has 0 aromatic carbocycles. The number of amides is 1. The Morgan fingerprint density at radius 3 is 2.00 bits per heavy atom. The van der Waals surface area contributed by atoms with E-state index in [1.807, 2.05) is 18.7 Å². The average molecular weight is 297 g/mol. The van der Waals surface area contributed by atoms with Crippen molar-refractivity contribution in [2.75, 3.05) is 0 Å². The van der Waals surface area contributed by atoms with Gasteiger partial charge < -0.3 is 14.7 Å². The third-order valence-electron chi connectivity index (χ3n) is 5.23. The van der Waals surface area contributed by atoms with E-state index in [1.54, 1.807) is 0 Å². The Balaban J connectivity index is 2.25. The van der Waals surface area contributed by atoms with E-state index in [9.17, 15) is 14.7 Å². The van der Waals surface area contributed by atoms with Crippen LogP contribution in [0.25, 0.3) is 0 Å². The lowest BCUT2D eigenvalue weighted by molar-refractivity contribution is -0.153. The molecule has 5 nitrogen and oxygen atoms in total. The van der Waals surface area contributed by atoms with Crippen LogP contribution in [0.1, 0.15) is 53.4 Å². The normalized spacial score (nSPS) is 33.7. The zero-order valence-electron chi connectivity index (χ0n) is 13.4. The van der Waals surface area contributed by atoms with E-state index in [4.69, 9.17) is 4.74 Å². The third-order valence-corrected chi connectivity index (χ3v) is 5.23. The van der Waals surface area contributed by atoms with Crippen LogP contribution in [0.4, 0.5) is 0 Å². The van der Waals surface area contributed by atoms with Crippen LogP contribution in [0.2, 0.25) is 0 Å². The molecule has 2 bridgehead atoms. The minimum Gasteiger partial charge on any atom is -0.481 e. The highest BCUT2D eigenvalue weighted by Gasteiger charge is 2.56. The van der Waals surface area contributed by atoms with Crippen molar-refractivity contribution in [2.45, 2.75) is 77.7 Å². The lowest BCUT2D eigenvalue weighted by Gasteiger charge is -2.38. The van der Waals surface area contributed by atoms with Gasteiger partial charge in [0, 0.05) is 12.1 Å². The van der Waals surface area contributed by atoms with Gasteiger partial charge in [-0.3, -0.25) is 9.59 Å². The maximum Gasteiger partial charge on any atom is 0.310 e. The highest BCUT2D eigenvalue weighted by molar-refractivity contribution is 5.87. The Morgan fingerprint density at radius 2 is 1.57 bits per heavy atom. The molecular weight excluding hydrogens is 270 g/mol. The molecule has 0 spiro atoms. The van der Waals surface area contributed by atoms with Crippen molar-refractivity contribution in [3.05, 3.63) is 0 Å². The maximum atomic E-state index is 13.0. The molecule has 0 saturated carbocycles. The topological polar surface area (TPSA) is 66.8 Å². The van der Waals surface area contributed by atoms with Gasteiger partial charge in [-0.15, -0.1) is 0 Å². The van der Waals surface area contributed by atoms with E-state index in [1.165, 1.54) is 0 Å². The second-order valence-electron chi connectivity index (χ2n) is 6.44. The number of aliphatic carboxylic acids is 1. The predicted molar refractivity (Wildman–Crippen MR) is 78.9 cm³/mol. The molecule has 2 fully saturated rings. The molecule has 0 radical (unpaired) electrons. The molecule has 0 aromatic heterocycles. The maximum absolute atomic E-state index is 13.0. The largest absolute Gasteiger partial charge is 0.481 e. The highest BCUT2D eigenvalue weighted by Crippen LogP contribution is 2.44. The first-order valence-corrected chi connectivity index (χ1v) is 8.12. The molecule has 0 aromatic rings. The number of carboxylic acids is 1. The first-order chi connectivity index (χ1) is 9.92. The molecule has 120 valence electrons. The summed E-state index contributed by atoms with van der Waals surface area (Å²) < 4.78 is 5.73. The SMILES string of the molecule is CC[C@H](C)N(C(=O)[C@H]1[C@@H](C(=O)O)[C@H]2CC[C@@H]1O2)[C@@H](C)CC. The van der Waals surface area contributed by atoms with Gasteiger partial charge in [0.15, 0.2) is 0 Å². The van der Waals surface area contributed by atoms with Gasteiger partial charge in [0.2, 0.25) is 5.91 Å². The standard InChI is InChI=1S/C16H27NO4/c1-5-9(3)17(10(4)6-2)15(18)13-11-7-8-12(21-11)14(13)16(19)20/h9-14H,5-8H2,1-4H3,(H,19,20)/t9-,10-,11-,12+,13+,14-/m0/s1.